The Morgan fingerprint density at radius 3 is 2.00 bits per heavy atom. The van der Waals surface area contributed by atoms with Crippen molar-refractivity contribution in [2.75, 3.05) is 26.4 Å². The fourth-order valence-corrected chi connectivity index (χ4v) is 3.64. The molecule has 5 nitrogen and oxygen atoms in total. The second-order valence-electron chi connectivity index (χ2n) is 3.27. The zero-order chi connectivity index (χ0) is 13.9. The molecule has 0 heterocycles. The van der Waals surface area contributed by atoms with Crippen molar-refractivity contribution < 1.29 is 22.8 Å². The predicted octanol–water partition coefficient (Wildman–Crippen LogP) is 1.90. The summed E-state index contributed by atoms with van der Waals surface area (Å²) in [5.41, 5.74) is 0. The van der Waals surface area contributed by atoms with Crippen molar-refractivity contribution in [1.82, 2.24) is 0 Å². The number of carbonyl (C=O) groups is 1. The van der Waals surface area contributed by atoms with Crippen molar-refractivity contribution in [1.29, 1.82) is 0 Å². The van der Waals surface area contributed by atoms with Crippen LogP contribution in [0.25, 0.3) is 0 Å². The Balaban J connectivity index is 4.20. The summed E-state index contributed by atoms with van der Waals surface area (Å²) in [6.45, 7) is 10.8. The summed E-state index contributed by atoms with van der Waals surface area (Å²) >= 11 is 0. The van der Waals surface area contributed by atoms with Crippen LogP contribution in [0.4, 0.5) is 0 Å². The van der Waals surface area contributed by atoms with Gasteiger partial charge in [0, 0.05) is 31.9 Å². The van der Waals surface area contributed by atoms with E-state index < -0.39 is 14.8 Å². The van der Waals surface area contributed by atoms with E-state index in [1.807, 2.05) is 26.8 Å². The SMILES string of the molecule is C=CC(=O)OCC[CH][Si](OCC)(OCC)OCC. The van der Waals surface area contributed by atoms with Crippen molar-refractivity contribution in [3.63, 3.8) is 0 Å². The van der Waals surface area contributed by atoms with Gasteiger partial charge in [0.2, 0.25) is 0 Å². The Morgan fingerprint density at radius 2 is 1.61 bits per heavy atom. The Morgan fingerprint density at radius 1 is 1.11 bits per heavy atom. The fourth-order valence-electron chi connectivity index (χ4n) is 1.36. The quantitative estimate of drug-likeness (QED) is 0.249. The lowest BCUT2D eigenvalue weighted by Crippen LogP contribution is -2.47. The molecule has 0 aromatic heterocycles. The van der Waals surface area contributed by atoms with Gasteiger partial charge in [-0.2, -0.15) is 0 Å². The van der Waals surface area contributed by atoms with E-state index in [-0.39, 0.29) is 6.61 Å². The molecule has 1 radical (unpaired) electrons. The molecule has 0 N–H and O–H groups in total. The molecule has 0 unspecified atom stereocenters. The number of esters is 1. The second-order valence-corrected chi connectivity index (χ2v) is 5.75. The molecule has 0 aliphatic heterocycles. The molecule has 0 spiro atoms. The third-order valence-electron chi connectivity index (χ3n) is 1.96. The van der Waals surface area contributed by atoms with Gasteiger partial charge in [0.05, 0.1) is 6.61 Å². The molecule has 0 atom stereocenters. The number of rotatable bonds is 11. The van der Waals surface area contributed by atoms with E-state index in [1.54, 1.807) is 0 Å². The molecular weight excluding hydrogens is 252 g/mol. The molecule has 105 valence electrons. The van der Waals surface area contributed by atoms with Crippen LogP contribution in [0.2, 0.25) is 0 Å². The summed E-state index contributed by atoms with van der Waals surface area (Å²) in [5, 5.41) is 0. The lowest BCUT2D eigenvalue weighted by atomic mass is 10.5. The zero-order valence-electron chi connectivity index (χ0n) is 11.4. The van der Waals surface area contributed by atoms with Gasteiger partial charge in [0.1, 0.15) is 0 Å². The van der Waals surface area contributed by atoms with Gasteiger partial charge in [-0.1, -0.05) is 6.58 Å². The van der Waals surface area contributed by atoms with Crippen LogP contribution in [0, 0.1) is 6.04 Å². The topological polar surface area (TPSA) is 54.0 Å². The van der Waals surface area contributed by atoms with Crippen molar-refractivity contribution in [2.45, 2.75) is 27.2 Å². The molecule has 0 saturated carbocycles. The maximum atomic E-state index is 10.9. The Labute approximate surface area is 110 Å². The largest absolute Gasteiger partial charge is 0.504 e. The van der Waals surface area contributed by atoms with Gasteiger partial charge in [-0.3, -0.25) is 0 Å². The van der Waals surface area contributed by atoms with E-state index in [0.717, 1.165) is 6.08 Å². The average molecular weight is 275 g/mol. The Kier molecular flexibility index (Phi) is 9.86. The summed E-state index contributed by atoms with van der Waals surface area (Å²) in [4.78, 5) is 10.9. The average Bonchev–Trinajstić information content (AvgIpc) is 2.35. The van der Waals surface area contributed by atoms with Gasteiger partial charge < -0.3 is 18.0 Å². The van der Waals surface area contributed by atoms with E-state index in [9.17, 15) is 4.79 Å². The Bertz CT molecular complexity index is 228. The predicted molar refractivity (Wildman–Crippen MR) is 70.7 cm³/mol. The highest BCUT2D eigenvalue weighted by atomic mass is 28.4. The molecule has 0 aliphatic rings. The lowest BCUT2D eigenvalue weighted by molar-refractivity contribution is -0.137. The molecule has 0 amide bonds. The van der Waals surface area contributed by atoms with Crippen LogP contribution >= 0.6 is 0 Å². The van der Waals surface area contributed by atoms with Crippen LogP contribution in [0.5, 0.6) is 0 Å². The normalized spacial score (nSPS) is 11.3. The van der Waals surface area contributed by atoms with Crippen molar-refractivity contribution in [2.24, 2.45) is 0 Å². The summed E-state index contributed by atoms with van der Waals surface area (Å²) in [5.74, 6) is -0.431. The summed E-state index contributed by atoms with van der Waals surface area (Å²) in [6, 6.07) is 1.86. The standard InChI is InChI=1S/C12H23O5Si/c1-5-12(13)14-10-9-11-18(15-6-2,16-7-3)17-8-4/h5,11H,1,6-10H2,2-4H3. The molecule has 6 heteroatoms. The molecule has 0 aromatic rings. The summed E-state index contributed by atoms with van der Waals surface area (Å²) in [6.07, 6.45) is 1.67. The van der Waals surface area contributed by atoms with Crippen LogP contribution in [0.15, 0.2) is 12.7 Å². The first kappa shape index (κ1) is 17.3. The minimum atomic E-state index is -2.72. The third-order valence-corrected chi connectivity index (χ3v) is 4.82. The second kappa shape index (κ2) is 10.2. The van der Waals surface area contributed by atoms with Crippen molar-refractivity contribution >= 4 is 14.8 Å². The summed E-state index contributed by atoms with van der Waals surface area (Å²) in [7, 11) is -2.72. The van der Waals surface area contributed by atoms with Gasteiger partial charge in [0.25, 0.3) is 0 Å². The van der Waals surface area contributed by atoms with E-state index in [2.05, 4.69) is 6.58 Å². The highest BCUT2D eigenvalue weighted by Gasteiger charge is 2.40. The molecular formula is C12H23O5Si. The van der Waals surface area contributed by atoms with Crippen molar-refractivity contribution in [3.05, 3.63) is 18.7 Å². The molecule has 0 aliphatic carbocycles. The highest BCUT2D eigenvalue weighted by Crippen LogP contribution is 2.15. The molecule has 0 saturated heterocycles. The number of hydrogen-bond acceptors (Lipinski definition) is 5. The highest BCUT2D eigenvalue weighted by molar-refractivity contribution is 6.64. The van der Waals surface area contributed by atoms with E-state index >= 15 is 0 Å². The molecule has 0 fully saturated rings. The molecule has 0 bridgehead atoms. The number of hydrogen-bond donors (Lipinski definition) is 0. The first-order valence-corrected chi connectivity index (χ1v) is 7.99. The molecule has 0 rings (SSSR count). The van der Waals surface area contributed by atoms with E-state index in [1.165, 1.54) is 0 Å². The minimum Gasteiger partial charge on any atom is -0.463 e. The third kappa shape index (κ3) is 6.90. The van der Waals surface area contributed by atoms with Crippen LogP contribution in [0.1, 0.15) is 27.2 Å². The minimum absolute atomic E-state index is 0.271. The first-order chi connectivity index (χ1) is 8.64. The van der Waals surface area contributed by atoms with Crippen LogP contribution < -0.4 is 0 Å². The van der Waals surface area contributed by atoms with E-state index in [0.29, 0.717) is 26.2 Å². The molecule has 18 heavy (non-hydrogen) atoms. The van der Waals surface area contributed by atoms with Crippen LogP contribution in [-0.2, 0) is 22.8 Å². The van der Waals surface area contributed by atoms with Gasteiger partial charge in [-0.25, -0.2) is 4.79 Å². The van der Waals surface area contributed by atoms with Gasteiger partial charge >= 0.3 is 14.8 Å². The summed E-state index contributed by atoms with van der Waals surface area (Å²) < 4.78 is 21.8. The zero-order valence-corrected chi connectivity index (χ0v) is 12.4. The lowest BCUT2D eigenvalue weighted by Gasteiger charge is -2.28. The Hall–Kier alpha value is -0.693. The van der Waals surface area contributed by atoms with Gasteiger partial charge in [-0.05, 0) is 27.2 Å². The van der Waals surface area contributed by atoms with Crippen LogP contribution in [-0.4, -0.2) is 41.2 Å². The maximum absolute atomic E-state index is 10.9. The fraction of sp³-hybridized carbons (Fsp3) is 0.667. The van der Waals surface area contributed by atoms with Crippen LogP contribution in [0.3, 0.4) is 0 Å². The van der Waals surface area contributed by atoms with Gasteiger partial charge in [0.15, 0.2) is 0 Å². The monoisotopic (exact) mass is 275 g/mol. The number of carbonyl (C=O) groups excluding carboxylic acids is 1. The number of ether oxygens (including phenoxy) is 1. The van der Waals surface area contributed by atoms with Gasteiger partial charge in [-0.15, -0.1) is 0 Å². The van der Waals surface area contributed by atoms with E-state index in [4.69, 9.17) is 18.0 Å². The molecule has 0 aromatic carbocycles. The smallest absolute Gasteiger partial charge is 0.463 e. The first-order valence-electron chi connectivity index (χ1n) is 6.19. The maximum Gasteiger partial charge on any atom is 0.504 e. The van der Waals surface area contributed by atoms with Crippen molar-refractivity contribution in [3.8, 4) is 0 Å².